The highest BCUT2D eigenvalue weighted by molar-refractivity contribution is 5.86. The molecule has 0 spiro atoms. The molecule has 1 heterocycles. The molecule has 0 aromatic heterocycles. The maximum absolute atomic E-state index is 12.2. The number of halogens is 2. The summed E-state index contributed by atoms with van der Waals surface area (Å²) in [6, 6.07) is 13.6. The Morgan fingerprint density at radius 2 is 1.93 bits per heavy atom. The maximum Gasteiger partial charge on any atom is 0.387 e. The van der Waals surface area contributed by atoms with Gasteiger partial charge in [0.25, 0.3) is 5.91 Å². The molecule has 0 aliphatic carbocycles. The quantitative estimate of drug-likeness (QED) is 0.580. The number of nitrogens with one attached hydrogen (secondary N) is 1. The van der Waals surface area contributed by atoms with Gasteiger partial charge in [-0.2, -0.15) is 13.9 Å². The van der Waals surface area contributed by atoms with Crippen LogP contribution in [0.3, 0.4) is 0 Å². The minimum atomic E-state index is -2.84. The average Bonchev–Trinajstić information content (AvgIpc) is 2.70. The Balaban J connectivity index is 1.46. The lowest BCUT2D eigenvalue weighted by Crippen LogP contribution is -2.42. The Morgan fingerprint density at radius 1 is 1.21 bits per heavy atom. The third-order valence-electron chi connectivity index (χ3n) is 4.08. The number of carbonyl (C=O) groups is 1. The zero-order valence-corrected chi connectivity index (χ0v) is 15.2. The van der Waals surface area contributed by atoms with Gasteiger partial charge in [0.2, 0.25) is 6.10 Å². The van der Waals surface area contributed by atoms with Crippen LogP contribution in [0.4, 0.5) is 8.78 Å². The van der Waals surface area contributed by atoms with E-state index in [2.05, 4.69) is 15.3 Å². The van der Waals surface area contributed by atoms with Crippen molar-refractivity contribution >= 4 is 11.6 Å². The number of amides is 1. The van der Waals surface area contributed by atoms with E-state index in [1.54, 1.807) is 37.3 Å². The van der Waals surface area contributed by atoms with E-state index < -0.39 is 12.7 Å². The topological polar surface area (TPSA) is 69.2 Å². The highest BCUT2D eigenvalue weighted by Gasteiger charge is 2.27. The second-order valence-electron chi connectivity index (χ2n) is 6.21. The standard InChI is InChI=1S/C20H20F2N2O4/c1-13(6-7-14-8-10-15(11-9-14)27-20(21)22)23-24-19(25)18-12-26-16-4-2-3-5-17(16)28-18/h2-5,8-11,18,20H,6-7,12H2,1H3,(H,24,25)/b23-13-/t18-/m0/s1. The molecule has 0 saturated heterocycles. The van der Waals surface area contributed by atoms with Crippen molar-refractivity contribution in [1.82, 2.24) is 5.43 Å². The lowest BCUT2D eigenvalue weighted by atomic mass is 10.1. The molecule has 0 radical (unpaired) electrons. The second-order valence-corrected chi connectivity index (χ2v) is 6.21. The molecule has 0 bridgehead atoms. The maximum atomic E-state index is 12.2. The summed E-state index contributed by atoms with van der Waals surface area (Å²) in [6.07, 6.45) is 0.477. The number of para-hydroxylation sites is 2. The molecule has 2 aromatic carbocycles. The minimum Gasteiger partial charge on any atom is -0.485 e. The van der Waals surface area contributed by atoms with E-state index in [-0.39, 0.29) is 18.3 Å². The van der Waals surface area contributed by atoms with E-state index in [0.717, 1.165) is 11.3 Å². The molecular weight excluding hydrogens is 370 g/mol. The van der Waals surface area contributed by atoms with Gasteiger partial charge in [0.1, 0.15) is 12.4 Å². The van der Waals surface area contributed by atoms with Crippen molar-refractivity contribution in [2.24, 2.45) is 5.10 Å². The summed E-state index contributed by atoms with van der Waals surface area (Å²) in [4.78, 5) is 12.2. The van der Waals surface area contributed by atoms with Crippen LogP contribution >= 0.6 is 0 Å². The first-order valence-corrected chi connectivity index (χ1v) is 8.76. The Kier molecular flexibility index (Phi) is 6.41. The lowest BCUT2D eigenvalue weighted by Gasteiger charge is -2.24. The summed E-state index contributed by atoms with van der Waals surface area (Å²) in [6.45, 7) is -0.928. The molecule has 3 rings (SSSR count). The number of hydrazone groups is 1. The Labute approximate surface area is 161 Å². The normalized spacial score (nSPS) is 16.0. The number of carbonyl (C=O) groups excluding carboxylic acids is 1. The molecule has 1 atom stereocenters. The first kappa shape index (κ1) is 19.6. The number of fused-ring (bicyclic) bond motifs is 1. The molecule has 28 heavy (non-hydrogen) atoms. The summed E-state index contributed by atoms with van der Waals surface area (Å²) in [5.41, 5.74) is 4.16. The largest absolute Gasteiger partial charge is 0.485 e. The first-order valence-electron chi connectivity index (χ1n) is 8.76. The monoisotopic (exact) mass is 390 g/mol. The van der Waals surface area contributed by atoms with Crippen molar-refractivity contribution < 1.29 is 27.8 Å². The number of aryl methyl sites for hydroxylation is 1. The molecule has 0 fully saturated rings. The van der Waals surface area contributed by atoms with Gasteiger partial charge in [-0.3, -0.25) is 4.79 Å². The Morgan fingerprint density at radius 3 is 2.64 bits per heavy atom. The van der Waals surface area contributed by atoms with Crippen molar-refractivity contribution in [2.45, 2.75) is 32.5 Å². The van der Waals surface area contributed by atoms with Crippen LogP contribution in [0.2, 0.25) is 0 Å². The van der Waals surface area contributed by atoms with Crippen LogP contribution in [0.5, 0.6) is 17.2 Å². The number of nitrogens with zero attached hydrogens (tertiary/aromatic N) is 1. The molecule has 1 aliphatic rings. The van der Waals surface area contributed by atoms with E-state index in [0.29, 0.717) is 24.3 Å². The zero-order chi connectivity index (χ0) is 19.9. The van der Waals surface area contributed by atoms with Gasteiger partial charge < -0.3 is 14.2 Å². The molecule has 1 amide bonds. The van der Waals surface area contributed by atoms with Crippen LogP contribution in [0.15, 0.2) is 53.6 Å². The van der Waals surface area contributed by atoms with E-state index in [1.165, 1.54) is 12.1 Å². The van der Waals surface area contributed by atoms with E-state index in [1.807, 2.05) is 6.07 Å². The van der Waals surface area contributed by atoms with Crippen LogP contribution in [0, 0.1) is 0 Å². The molecule has 148 valence electrons. The van der Waals surface area contributed by atoms with Gasteiger partial charge >= 0.3 is 6.61 Å². The van der Waals surface area contributed by atoms with Gasteiger partial charge in [0, 0.05) is 5.71 Å². The predicted molar refractivity (Wildman–Crippen MR) is 99.0 cm³/mol. The Bertz CT molecular complexity index is 840. The minimum absolute atomic E-state index is 0.116. The average molecular weight is 390 g/mol. The summed E-state index contributed by atoms with van der Waals surface area (Å²) in [7, 11) is 0. The van der Waals surface area contributed by atoms with Crippen molar-refractivity contribution in [2.75, 3.05) is 6.61 Å². The smallest absolute Gasteiger partial charge is 0.387 e. The summed E-state index contributed by atoms with van der Waals surface area (Å²) < 4.78 is 39.7. The van der Waals surface area contributed by atoms with Crippen molar-refractivity contribution in [3.63, 3.8) is 0 Å². The van der Waals surface area contributed by atoms with Crippen LogP contribution < -0.4 is 19.6 Å². The van der Waals surface area contributed by atoms with Gasteiger partial charge in [-0.15, -0.1) is 0 Å². The zero-order valence-electron chi connectivity index (χ0n) is 15.2. The fraction of sp³-hybridized carbons (Fsp3) is 0.300. The number of alkyl halides is 2. The second kappa shape index (κ2) is 9.16. The van der Waals surface area contributed by atoms with Gasteiger partial charge in [0.05, 0.1) is 0 Å². The number of benzene rings is 2. The van der Waals surface area contributed by atoms with Crippen LogP contribution in [0.1, 0.15) is 18.9 Å². The molecular formula is C20H20F2N2O4. The molecule has 1 N–H and O–H groups in total. The van der Waals surface area contributed by atoms with Gasteiger partial charge in [0.15, 0.2) is 11.5 Å². The fourth-order valence-electron chi connectivity index (χ4n) is 2.59. The SMILES string of the molecule is C/C(CCc1ccc(OC(F)F)cc1)=N/NC(=O)[C@@H]1COc2ccccc2O1. The molecule has 0 saturated carbocycles. The highest BCUT2D eigenvalue weighted by Crippen LogP contribution is 2.30. The number of hydrogen-bond donors (Lipinski definition) is 1. The summed E-state index contributed by atoms with van der Waals surface area (Å²) in [5.74, 6) is 0.861. The number of hydrogen-bond acceptors (Lipinski definition) is 5. The molecule has 8 heteroatoms. The predicted octanol–water partition coefficient (Wildman–Crippen LogP) is 3.55. The number of ether oxygens (including phenoxy) is 3. The van der Waals surface area contributed by atoms with Gasteiger partial charge in [-0.1, -0.05) is 24.3 Å². The molecule has 6 nitrogen and oxygen atoms in total. The van der Waals surface area contributed by atoms with Crippen molar-refractivity contribution in [3.05, 3.63) is 54.1 Å². The molecule has 1 aliphatic heterocycles. The molecule has 0 unspecified atom stereocenters. The van der Waals surface area contributed by atoms with Gasteiger partial charge in [-0.05, 0) is 49.6 Å². The highest BCUT2D eigenvalue weighted by atomic mass is 19.3. The molecule has 2 aromatic rings. The van der Waals surface area contributed by atoms with Crippen LogP contribution in [-0.2, 0) is 11.2 Å². The van der Waals surface area contributed by atoms with Crippen molar-refractivity contribution in [1.29, 1.82) is 0 Å². The van der Waals surface area contributed by atoms with Crippen molar-refractivity contribution in [3.8, 4) is 17.2 Å². The number of rotatable bonds is 7. The Hall–Kier alpha value is -3.16. The van der Waals surface area contributed by atoms with E-state index >= 15 is 0 Å². The van der Waals surface area contributed by atoms with E-state index in [4.69, 9.17) is 9.47 Å². The summed E-state index contributed by atoms with van der Waals surface area (Å²) >= 11 is 0. The third-order valence-corrected chi connectivity index (χ3v) is 4.08. The fourth-order valence-corrected chi connectivity index (χ4v) is 2.59. The third kappa shape index (κ3) is 5.42. The summed E-state index contributed by atoms with van der Waals surface area (Å²) in [5, 5.41) is 4.08. The van der Waals surface area contributed by atoms with Gasteiger partial charge in [-0.25, -0.2) is 5.43 Å². The lowest BCUT2D eigenvalue weighted by molar-refractivity contribution is -0.130. The van der Waals surface area contributed by atoms with Crippen LogP contribution in [-0.4, -0.2) is 30.9 Å². The van der Waals surface area contributed by atoms with Crippen LogP contribution in [0.25, 0.3) is 0 Å². The van der Waals surface area contributed by atoms with E-state index in [9.17, 15) is 13.6 Å². The first-order chi connectivity index (χ1) is 13.5.